The van der Waals surface area contributed by atoms with Crippen molar-refractivity contribution in [2.24, 2.45) is 0 Å². The summed E-state index contributed by atoms with van der Waals surface area (Å²) in [5, 5.41) is 12.0. The molecule has 1 amide bonds. The van der Waals surface area contributed by atoms with Crippen molar-refractivity contribution in [1.29, 1.82) is 0 Å². The zero-order valence-electron chi connectivity index (χ0n) is 16.3. The van der Waals surface area contributed by atoms with E-state index in [1.54, 1.807) is 50.2 Å². The Morgan fingerprint density at radius 2 is 1.53 bits per heavy atom. The van der Waals surface area contributed by atoms with E-state index in [2.05, 4.69) is 10.0 Å². The van der Waals surface area contributed by atoms with Crippen molar-refractivity contribution in [3.05, 3.63) is 89.0 Å². The molecule has 0 heterocycles. The average molecular weight is 424 g/mol. The van der Waals surface area contributed by atoms with Gasteiger partial charge in [-0.2, -0.15) is 0 Å². The van der Waals surface area contributed by atoms with Crippen LogP contribution in [0.25, 0.3) is 0 Å². The zero-order chi connectivity index (χ0) is 21.9. The molecular weight excluding hydrogens is 404 g/mol. The minimum atomic E-state index is -4.14. The molecule has 154 valence electrons. The third-order valence-electron chi connectivity index (χ3n) is 4.60. The number of benzene rings is 3. The second-order valence-electron chi connectivity index (χ2n) is 6.69. The number of amides is 1. The summed E-state index contributed by atoms with van der Waals surface area (Å²) in [6.45, 7) is 3.24. The van der Waals surface area contributed by atoms with Crippen molar-refractivity contribution in [3.8, 4) is 0 Å². The molecule has 0 fully saturated rings. The van der Waals surface area contributed by atoms with Gasteiger partial charge in [0.05, 0.1) is 21.7 Å². The van der Waals surface area contributed by atoms with Crippen LogP contribution in [0.3, 0.4) is 0 Å². The number of hydrogen-bond acceptors (Lipinski definition) is 4. The van der Waals surface area contributed by atoms with Gasteiger partial charge in [-0.25, -0.2) is 13.2 Å². The minimum Gasteiger partial charge on any atom is -0.478 e. The van der Waals surface area contributed by atoms with Crippen LogP contribution in [-0.4, -0.2) is 25.4 Å². The van der Waals surface area contributed by atoms with Gasteiger partial charge < -0.3 is 10.4 Å². The molecule has 7 nitrogen and oxygen atoms in total. The molecule has 0 atom stereocenters. The number of aromatic carboxylic acids is 1. The van der Waals surface area contributed by atoms with E-state index in [1.807, 2.05) is 6.07 Å². The molecule has 3 aromatic rings. The van der Waals surface area contributed by atoms with Gasteiger partial charge in [-0.1, -0.05) is 30.3 Å². The summed E-state index contributed by atoms with van der Waals surface area (Å²) < 4.78 is 28.5. The number of hydrogen-bond donors (Lipinski definition) is 3. The Bertz CT molecular complexity index is 1220. The summed E-state index contributed by atoms with van der Waals surface area (Å²) in [7, 11) is -4.14. The monoisotopic (exact) mass is 424 g/mol. The maximum Gasteiger partial charge on any atom is 0.335 e. The summed E-state index contributed by atoms with van der Waals surface area (Å²) >= 11 is 0. The second kappa shape index (κ2) is 8.38. The quantitative estimate of drug-likeness (QED) is 0.552. The number of carboxylic acid groups (broad SMARTS) is 1. The number of carboxylic acids is 1. The lowest BCUT2D eigenvalue weighted by atomic mass is 10.1. The first-order valence-electron chi connectivity index (χ1n) is 9.02. The molecule has 8 heteroatoms. The highest BCUT2D eigenvalue weighted by Gasteiger charge is 2.23. The number of anilines is 2. The molecule has 0 aliphatic carbocycles. The van der Waals surface area contributed by atoms with Crippen LogP contribution in [0.5, 0.6) is 0 Å². The molecule has 3 rings (SSSR count). The zero-order valence-corrected chi connectivity index (χ0v) is 17.2. The van der Waals surface area contributed by atoms with Crippen LogP contribution in [-0.2, 0) is 10.0 Å². The van der Waals surface area contributed by atoms with Crippen molar-refractivity contribution >= 4 is 33.3 Å². The first kappa shape index (κ1) is 21.1. The van der Waals surface area contributed by atoms with Crippen LogP contribution in [0.2, 0.25) is 0 Å². The third-order valence-corrected chi connectivity index (χ3v) is 6.10. The Kier molecular flexibility index (Phi) is 5.89. The highest BCUT2D eigenvalue weighted by atomic mass is 32.2. The number of carbonyl (C=O) groups excluding carboxylic acids is 1. The average Bonchev–Trinajstić information content (AvgIpc) is 2.70. The molecule has 0 unspecified atom stereocenters. The van der Waals surface area contributed by atoms with E-state index >= 15 is 0 Å². The Hall–Kier alpha value is -3.65. The molecule has 30 heavy (non-hydrogen) atoms. The van der Waals surface area contributed by atoms with E-state index in [4.69, 9.17) is 0 Å². The molecule has 0 spiro atoms. The Morgan fingerprint density at radius 1 is 0.900 bits per heavy atom. The molecule has 0 saturated carbocycles. The van der Waals surface area contributed by atoms with Gasteiger partial charge in [0, 0.05) is 5.69 Å². The fourth-order valence-corrected chi connectivity index (χ4v) is 4.34. The van der Waals surface area contributed by atoms with Crippen molar-refractivity contribution < 1.29 is 23.1 Å². The van der Waals surface area contributed by atoms with Gasteiger partial charge in [-0.3, -0.25) is 9.52 Å². The molecule has 3 N–H and O–H groups in total. The Morgan fingerprint density at radius 3 is 2.20 bits per heavy atom. The lowest BCUT2D eigenvalue weighted by Crippen LogP contribution is -2.20. The van der Waals surface area contributed by atoms with Crippen LogP contribution in [0.15, 0.2) is 71.6 Å². The first-order chi connectivity index (χ1) is 14.2. The number of sulfonamides is 1. The van der Waals surface area contributed by atoms with Crippen LogP contribution in [0, 0.1) is 13.8 Å². The molecule has 0 bridgehead atoms. The standard InChI is InChI=1S/C22H20N2O5S/c1-14-12-16(22(26)27)13-20(15(14)2)30(28,29)24-19-11-7-6-10-18(19)21(25)23-17-8-4-3-5-9-17/h3-13,24H,1-2H3,(H,23,25)(H,26,27). The predicted octanol–water partition coefficient (Wildman–Crippen LogP) is 4.05. The van der Waals surface area contributed by atoms with Crippen molar-refractivity contribution in [2.75, 3.05) is 10.0 Å². The first-order valence-corrected chi connectivity index (χ1v) is 10.5. The van der Waals surface area contributed by atoms with E-state index in [0.29, 0.717) is 16.8 Å². The van der Waals surface area contributed by atoms with Gasteiger partial charge in [0.15, 0.2) is 0 Å². The third kappa shape index (κ3) is 4.49. The Balaban J connectivity index is 1.97. The Labute approximate surface area is 174 Å². The lowest BCUT2D eigenvalue weighted by molar-refractivity contribution is 0.0696. The summed E-state index contributed by atoms with van der Waals surface area (Å²) in [6.07, 6.45) is 0. The number of aryl methyl sites for hydroxylation is 1. The van der Waals surface area contributed by atoms with Crippen molar-refractivity contribution in [1.82, 2.24) is 0 Å². The van der Waals surface area contributed by atoms with Gasteiger partial charge >= 0.3 is 5.97 Å². The fraction of sp³-hybridized carbons (Fsp3) is 0.0909. The molecule has 0 saturated heterocycles. The largest absolute Gasteiger partial charge is 0.478 e. The van der Waals surface area contributed by atoms with Gasteiger partial charge in [-0.15, -0.1) is 0 Å². The SMILES string of the molecule is Cc1cc(C(=O)O)cc(S(=O)(=O)Nc2ccccc2C(=O)Nc2ccccc2)c1C. The fourth-order valence-electron chi connectivity index (χ4n) is 2.92. The van der Waals surface area contributed by atoms with E-state index in [1.165, 1.54) is 18.2 Å². The van der Waals surface area contributed by atoms with Crippen molar-refractivity contribution in [2.45, 2.75) is 18.7 Å². The van der Waals surface area contributed by atoms with Gasteiger partial charge in [0.1, 0.15) is 0 Å². The predicted molar refractivity (Wildman–Crippen MR) is 115 cm³/mol. The summed E-state index contributed by atoms with van der Waals surface area (Å²) in [5.74, 6) is -1.70. The van der Waals surface area contributed by atoms with E-state index in [-0.39, 0.29) is 21.7 Å². The molecule has 0 radical (unpaired) electrons. The van der Waals surface area contributed by atoms with Gasteiger partial charge in [-0.05, 0) is 61.4 Å². The molecule has 0 aliphatic heterocycles. The maximum absolute atomic E-state index is 13.0. The highest BCUT2D eigenvalue weighted by molar-refractivity contribution is 7.92. The summed E-state index contributed by atoms with van der Waals surface area (Å²) in [5.41, 5.74) is 1.62. The number of carbonyl (C=O) groups is 2. The van der Waals surface area contributed by atoms with Crippen LogP contribution in [0.1, 0.15) is 31.8 Å². The molecule has 0 aromatic heterocycles. The van der Waals surface area contributed by atoms with Crippen LogP contribution < -0.4 is 10.0 Å². The minimum absolute atomic E-state index is 0.0868. The number of nitrogens with one attached hydrogen (secondary N) is 2. The van der Waals surface area contributed by atoms with Crippen molar-refractivity contribution in [3.63, 3.8) is 0 Å². The highest BCUT2D eigenvalue weighted by Crippen LogP contribution is 2.26. The normalized spacial score (nSPS) is 11.0. The van der Waals surface area contributed by atoms with Crippen LogP contribution >= 0.6 is 0 Å². The van der Waals surface area contributed by atoms with Gasteiger partial charge in [0.2, 0.25) is 0 Å². The van der Waals surface area contributed by atoms with E-state index < -0.39 is 21.9 Å². The number of rotatable bonds is 6. The topological polar surface area (TPSA) is 113 Å². The van der Waals surface area contributed by atoms with Gasteiger partial charge in [0.25, 0.3) is 15.9 Å². The number of para-hydroxylation sites is 2. The lowest BCUT2D eigenvalue weighted by Gasteiger charge is -2.15. The molecule has 3 aromatic carbocycles. The van der Waals surface area contributed by atoms with E-state index in [0.717, 1.165) is 6.07 Å². The molecule has 0 aliphatic rings. The second-order valence-corrected chi connectivity index (χ2v) is 8.34. The summed E-state index contributed by atoms with van der Waals surface area (Å²) in [4.78, 5) is 23.9. The maximum atomic E-state index is 13.0. The smallest absolute Gasteiger partial charge is 0.335 e. The van der Waals surface area contributed by atoms with E-state index in [9.17, 15) is 23.1 Å². The summed E-state index contributed by atoms with van der Waals surface area (Å²) in [6, 6.07) is 17.5. The van der Waals surface area contributed by atoms with Crippen LogP contribution in [0.4, 0.5) is 11.4 Å². The molecular formula is C22H20N2O5S.